The van der Waals surface area contributed by atoms with Crippen LogP contribution in [0.3, 0.4) is 0 Å². The highest BCUT2D eigenvalue weighted by Gasteiger charge is 2.37. The summed E-state index contributed by atoms with van der Waals surface area (Å²) < 4.78 is 10.4. The first-order valence-corrected chi connectivity index (χ1v) is 9.15. The third kappa shape index (κ3) is 3.35. The van der Waals surface area contributed by atoms with Crippen LogP contribution < -0.4 is 0 Å². The number of benzene rings is 1. The van der Waals surface area contributed by atoms with Crippen molar-refractivity contribution in [2.75, 3.05) is 18.6 Å². The Morgan fingerprint density at radius 1 is 1.33 bits per heavy atom. The second kappa shape index (κ2) is 7.40. The van der Waals surface area contributed by atoms with Gasteiger partial charge in [0.25, 0.3) is 0 Å². The molecule has 24 heavy (non-hydrogen) atoms. The molecule has 1 aliphatic heterocycles. The van der Waals surface area contributed by atoms with Gasteiger partial charge in [0.05, 0.1) is 12.8 Å². The number of esters is 1. The van der Waals surface area contributed by atoms with Crippen LogP contribution in [-0.2, 0) is 16.1 Å². The maximum atomic E-state index is 12.3. The maximum absolute atomic E-state index is 12.3. The Balaban J connectivity index is 1.96. The van der Waals surface area contributed by atoms with Crippen LogP contribution in [0.5, 0.6) is 0 Å². The molecule has 1 aliphatic rings. The standard InChI is InChI=1S/C18H22N2O3S/c1-12-15(13(2)23-19-12)9-20-16(14-7-5-4-6-8-14)10-24-11-17(20)18(21)22-3/h4-8,16-17H,9-11H2,1-3H3/t16-,17+/m1/s1. The summed E-state index contributed by atoms with van der Waals surface area (Å²) in [5.41, 5.74) is 3.14. The van der Waals surface area contributed by atoms with Gasteiger partial charge in [0.2, 0.25) is 0 Å². The number of carbonyl (C=O) groups is 1. The lowest BCUT2D eigenvalue weighted by atomic mass is 10.0. The summed E-state index contributed by atoms with van der Waals surface area (Å²) in [6.07, 6.45) is 0. The van der Waals surface area contributed by atoms with E-state index in [9.17, 15) is 4.79 Å². The van der Waals surface area contributed by atoms with Crippen molar-refractivity contribution in [3.8, 4) is 0 Å². The lowest BCUT2D eigenvalue weighted by Gasteiger charge is -2.40. The second-order valence-electron chi connectivity index (χ2n) is 5.98. The van der Waals surface area contributed by atoms with E-state index in [0.29, 0.717) is 6.54 Å². The van der Waals surface area contributed by atoms with Crippen LogP contribution >= 0.6 is 11.8 Å². The SMILES string of the molecule is COC(=O)[C@@H]1CSC[C@H](c2ccccc2)N1Cc1c(C)noc1C. The molecule has 5 nitrogen and oxygen atoms in total. The smallest absolute Gasteiger partial charge is 0.323 e. The van der Waals surface area contributed by atoms with E-state index in [2.05, 4.69) is 22.2 Å². The molecule has 1 aromatic carbocycles. The highest BCUT2D eigenvalue weighted by Crippen LogP contribution is 2.35. The zero-order valence-corrected chi connectivity index (χ0v) is 15.0. The summed E-state index contributed by atoms with van der Waals surface area (Å²) in [6, 6.07) is 10.2. The van der Waals surface area contributed by atoms with Gasteiger partial charge >= 0.3 is 5.97 Å². The minimum atomic E-state index is -0.271. The molecule has 1 fully saturated rings. The normalized spacial score (nSPS) is 21.6. The first-order valence-electron chi connectivity index (χ1n) is 7.99. The molecule has 0 spiro atoms. The van der Waals surface area contributed by atoms with Crippen molar-refractivity contribution in [3.63, 3.8) is 0 Å². The van der Waals surface area contributed by atoms with Crippen LogP contribution in [0.1, 0.15) is 28.6 Å². The molecule has 1 aromatic heterocycles. The summed E-state index contributed by atoms with van der Waals surface area (Å²) in [6.45, 7) is 4.48. The van der Waals surface area contributed by atoms with Crippen molar-refractivity contribution in [2.45, 2.75) is 32.5 Å². The van der Waals surface area contributed by atoms with Crippen LogP contribution in [0.25, 0.3) is 0 Å². The fraction of sp³-hybridized carbons (Fsp3) is 0.444. The van der Waals surface area contributed by atoms with Gasteiger partial charge in [-0.3, -0.25) is 9.69 Å². The zero-order chi connectivity index (χ0) is 17.1. The Kier molecular flexibility index (Phi) is 5.26. The summed E-state index contributed by atoms with van der Waals surface area (Å²) >= 11 is 1.79. The molecule has 0 aliphatic carbocycles. The number of aryl methyl sites for hydroxylation is 2. The molecular formula is C18H22N2O3S. The molecule has 0 bridgehead atoms. The third-order valence-corrected chi connectivity index (χ3v) is 5.63. The third-order valence-electron chi connectivity index (χ3n) is 4.53. The molecule has 0 N–H and O–H groups in total. The minimum absolute atomic E-state index is 0.155. The van der Waals surface area contributed by atoms with Crippen molar-refractivity contribution in [2.24, 2.45) is 0 Å². The topological polar surface area (TPSA) is 55.6 Å². The Morgan fingerprint density at radius 3 is 2.71 bits per heavy atom. The number of hydrogen-bond acceptors (Lipinski definition) is 6. The first-order chi connectivity index (χ1) is 11.6. The zero-order valence-electron chi connectivity index (χ0n) is 14.2. The maximum Gasteiger partial charge on any atom is 0.323 e. The van der Waals surface area contributed by atoms with E-state index in [1.54, 1.807) is 11.8 Å². The lowest BCUT2D eigenvalue weighted by molar-refractivity contribution is -0.147. The van der Waals surface area contributed by atoms with Gasteiger partial charge in [-0.2, -0.15) is 11.8 Å². The molecule has 1 saturated heterocycles. The quantitative estimate of drug-likeness (QED) is 0.793. The average molecular weight is 346 g/mol. The number of ether oxygens (including phenoxy) is 1. The number of thioether (sulfide) groups is 1. The number of carbonyl (C=O) groups excluding carboxylic acids is 1. The monoisotopic (exact) mass is 346 g/mol. The molecule has 3 rings (SSSR count). The molecule has 0 radical (unpaired) electrons. The van der Waals surface area contributed by atoms with E-state index in [1.807, 2.05) is 32.0 Å². The van der Waals surface area contributed by atoms with Crippen LogP contribution in [0.15, 0.2) is 34.9 Å². The number of hydrogen-bond donors (Lipinski definition) is 0. The Bertz CT molecular complexity index is 682. The van der Waals surface area contributed by atoms with Gasteiger partial charge in [-0.15, -0.1) is 0 Å². The molecule has 2 atom stereocenters. The van der Waals surface area contributed by atoms with Crippen LogP contribution in [0.4, 0.5) is 0 Å². The van der Waals surface area contributed by atoms with Gasteiger partial charge in [0.15, 0.2) is 0 Å². The molecule has 128 valence electrons. The molecule has 0 amide bonds. The predicted octanol–water partition coefficient (Wildman–Crippen LogP) is 3.12. The number of rotatable bonds is 4. The Hall–Kier alpha value is -1.79. The minimum Gasteiger partial charge on any atom is -0.468 e. The Labute approximate surface area is 146 Å². The van der Waals surface area contributed by atoms with Crippen molar-refractivity contribution >= 4 is 17.7 Å². The van der Waals surface area contributed by atoms with E-state index in [0.717, 1.165) is 28.5 Å². The summed E-state index contributed by atoms with van der Waals surface area (Å²) in [5.74, 6) is 2.30. The van der Waals surface area contributed by atoms with Gasteiger partial charge in [-0.05, 0) is 19.4 Å². The first kappa shape index (κ1) is 17.0. The number of aromatic nitrogens is 1. The average Bonchev–Trinajstić information content (AvgIpc) is 2.94. The largest absolute Gasteiger partial charge is 0.468 e. The van der Waals surface area contributed by atoms with E-state index in [1.165, 1.54) is 12.7 Å². The highest BCUT2D eigenvalue weighted by atomic mass is 32.2. The lowest BCUT2D eigenvalue weighted by Crippen LogP contribution is -2.49. The van der Waals surface area contributed by atoms with Crippen LogP contribution in [0, 0.1) is 13.8 Å². The van der Waals surface area contributed by atoms with E-state index in [-0.39, 0.29) is 18.1 Å². The number of nitrogens with zero attached hydrogens (tertiary/aromatic N) is 2. The highest BCUT2D eigenvalue weighted by molar-refractivity contribution is 7.99. The van der Waals surface area contributed by atoms with Crippen LogP contribution in [-0.4, -0.2) is 40.7 Å². The van der Waals surface area contributed by atoms with Crippen LogP contribution in [0.2, 0.25) is 0 Å². The fourth-order valence-corrected chi connectivity index (χ4v) is 4.43. The number of methoxy groups -OCH3 is 1. The fourth-order valence-electron chi connectivity index (χ4n) is 3.13. The molecule has 6 heteroatoms. The summed E-state index contributed by atoms with van der Waals surface area (Å²) in [5, 5.41) is 4.05. The van der Waals surface area contributed by atoms with Crippen molar-refractivity contribution in [1.82, 2.24) is 10.1 Å². The summed E-state index contributed by atoms with van der Waals surface area (Å²) in [4.78, 5) is 14.6. The van der Waals surface area contributed by atoms with E-state index in [4.69, 9.17) is 9.26 Å². The van der Waals surface area contributed by atoms with Gasteiger partial charge in [-0.1, -0.05) is 35.5 Å². The van der Waals surface area contributed by atoms with Gasteiger partial charge in [0, 0.05) is 29.7 Å². The molecule has 2 heterocycles. The molecule has 2 aromatic rings. The van der Waals surface area contributed by atoms with Gasteiger partial charge in [-0.25, -0.2) is 0 Å². The molecular weight excluding hydrogens is 324 g/mol. The van der Waals surface area contributed by atoms with Crippen molar-refractivity contribution in [3.05, 3.63) is 52.9 Å². The Morgan fingerprint density at radius 2 is 2.08 bits per heavy atom. The molecule has 0 unspecified atom stereocenters. The van der Waals surface area contributed by atoms with Gasteiger partial charge < -0.3 is 9.26 Å². The second-order valence-corrected chi connectivity index (χ2v) is 7.05. The predicted molar refractivity (Wildman–Crippen MR) is 93.8 cm³/mol. The van der Waals surface area contributed by atoms with E-state index >= 15 is 0 Å². The van der Waals surface area contributed by atoms with Crippen molar-refractivity contribution < 1.29 is 14.1 Å². The summed E-state index contributed by atoms with van der Waals surface area (Å²) in [7, 11) is 1.45. The van der Waals surface area contributed by atoms with Gasteiger partial charge in [0.1, 0.15) is 11.8 Å². The van der Waals surface area contributed by atoms with Crippen molar-refractivity contribution in [1.29, 1.82) is 0 Å². The molecule has 0 saturated carbocycles. The van der Waals surface area contributed by atoms with E-state index < -0.39 is 0 Å².